The monoisotopic (exact) mass is 521 g/mol. The minimum atomic E-state index is -4.35. The van der Waals surface area contributed by atoms with Gasteiger partial charge in [-0.25, -0.2) is 0 Å². The number of aliphatic imine (C=N–C) groups is 1. The molecule has 0 bridgehead atoms. The van der Waals surface area contributed by atoms with Crippen LogP contribution in [0.2, 0.25) is 0 Å². The van der Waals surface area contributed by atoms with Crippen molar-refractivity contribution in [3.63, 3.8) is 0 Å². The van der Waals surface area contributed by atoms with Crippen LogP contribution < -0.4 is 15.4 Å². The Morgan fingerprint density at radius 2 is 1.74 bits per heavy atom. The molecule has 27 heavy (non-hydrogen) atoms. The highest BCUT2D eigenvalue weighted by molar-refractivity contribution is 14.0. The molecular weight excluding hydrogens is 494 g/mol. The molecule has 0 fully saturated rings. The van der Waals surface area contributed by atoms with Gasteiger partial charge < -0.3 is 15.4 Å². The summed E-state index contributed by atoms with van der Waals surface area (Å²) in [6.07, 6.45) is -4.35. The summed E-state index contributed by atoms with van der Waals surface area (Å²) in [5.41, 5.74) is 0.866. The molecule has 156 valence electrons. The van der Waals surface area contributed by atoms with Crippen LogP contribution >= 0.6 is 24.0 Å². The van der Waals surface area contributed by atoms with Crippen molar-refractivity contribution in [3.8, 4) is 5.75 Å². The summed E-state index contributed by atoms with van der Waals surface area (Å²) < 4.78 is 52.7. The van der Waals surface area contributed by atoms with Gasteiger partial charge in [-0.2, -0.15) is 13.2 Å². The topological polar surface area (TPSA) is 62.7 Å². The summed E-state index contributed by atoms with van der Waals surface area (Å²) in [5.74, 6) is 1.24. The van der Waals surface area contributed by atoms with Crippen molar-refractivity contribution < 1.29 is 22.1 Å². The molecular formula is C17H27F3IN3O2S. The van der Waals surface area contributed by atoms with Gasteiger partial charge in [0.25, 0.3) is 0 Å². The van der Waals surface area contributed by atoms with Crippen LogP contribution in [0.3, 0.4) is 0 Å². The number of guanidine groups is 1. The number of hydrogen-bond donors (Lipinski definition) is 2. The van der Waals surface area contributed by atoms with Gasteiger partial charge in [0.05, 0.1) is 0 Å². The molecule has 2 N–H and O–H groups in total. The number of alkyl halides is 3. The third-order valence-electron chi connectivity index (χ3n) is 3.27. The van der Waals surface area contributed by atoms with Crippen molar-refractivity contribution >= 4 is 40.7 Å². The lowest BCUT2D eigenvalue weighted by Crippen LogP contribution is -2.40. The van der Waals surface area contributed by atoms with Gasteiger partial charge in [-0.3, -0.25) is 9.20 Å². The van der Waals surface area contributed by atoms with Gasteiger partial charge in [0.15, 0.2) is 12.6 Å². The van der Waals surface area contributed by atoms with E-state index in [2.05, 4.69) is 20.4 Å². The van der Waals surface area contributed by atoms with Crippen LogP contribution in [0, 0.1) is 0 Å². The normalized spacial score (nSPS) is 13.5. The van der Waals surface area contributed by atoms with Gasteiger partial charge in [-0.15, -0.1) is 24.0 Å². The molecule has 1 atom stereocenters. The zero-order valence-electron chi connectivity index (χ0n) is 15.9. The lowest BCUT2D eigenvalue weighted by molar-refractivity contribution is -0.153. The van der Waals surface area contributed by atoms with E-state index in [1.807, 2.05) is 20.8 Å². The molecule has 0 aromatic heterocycles. The fraction of sp³-hybridized carbons (Fsp3) is 0.588. The minimum Gasteiger partial charge on any atom is -0.484 e. The zero-order chi connectivity index (χ0) is 19.8. The summed E-state index contributed by atoms with van der Waals surface area (Å²) in [7, 11) is 0.683. The molecule has 0 spiro atoms. The van der Waals surface area contributed by atoms with Gasteiger partial charge in [-0.05, 0) is 38.5 Å². The molecule has 0 saturated heterocycles. The zero-order valence-corrected chi connectivity index (χ0v) is 19.0. The molecule has 0 aliphatic rings. The average molecular weight is 521 g/mol. The first-order valence-corrected chi connectivity index (χ1v) is 9.44. The van der Waals surface area contributed by atoms with Crippen LogP contribution in [0.4, 0.5) is 13.2 Å². The molecule has 0 radical (unpaired) electrons. The van der Waals surface area contributed by atoms with Crippen molar-refractivity contribution in [1.82, 2.24) is 10.6 Å². The Morgan fingerprint density at radius 3 is 2.22 bits per heavy atom. The van der Waals surface area contributed by atoms with Crippen LogP contribution in [-0.4, -0.2) is 47.0 Å². The lowest BCUT2D eigenvalue weighted by atomic mass is 10.2. The first kappa shape index (κ1) is 26.0. The van der Waals surface area contributed by atoms with Crippen LogP contribution in [0.1, 0.15) is 26.3 Å². The van der Waals surface area contributed by atoms with Crippen LogP contribution in [-0.2, 0) is 17.3 Å². The van der Waals surface area contributed by atoms with E-state index in [1.165, 1.54) is 12.1 Å². The first-order chi connectivity index (χ1) is 12.0. The number of benzene rings is 1. The largest absolute Gasteiger partial charge is 0.484 e. The fourth-order valence-corrected chi connectivity index (χ4v) is 2.74. The standard InChI is InChI=1S/C17H26F3N3O2S.HI/c1-16(2,3)26(24)10-9-22-15(21-4)23-11-13-5-7-14(8-6-13)25-12-17(18,19)20;/h5-8H,9-12H2,1-4H3,(H2,21,22,23);1H. The lowest BCUT2D eigenvalue weighted by Gasteiger charge is -2.18. The van der Waals surface area contributed by atoms with E-state index < -0.39 is 23.6 Å². The fourth-order valence-electron chi connectivity index (χ4n) is 1.84. The van der Waals surface area contributed by atoms with E-state index in [4.69, 9.17) is 0 Å². The third kappa shape index (κ3) is 11.4. The van der Waals surface area contributed by atoms with Crippen LogP contribution in [0.5, 0.6) is 5.75 Å². The number of rotatable bonds is 7. The van der Waals surface area contributed by atoms with E-state index in [0.29, 0.717) is 24.8 Å². The number of nitrogens with one attached hydrogen (secondary N) is 2. The molecule has 0 aliphatic carbocycles. The molecule has 0 aliphatic heterocycles. The summed E-state index contributed by atoms with van der Waals surface area (Å²) in [4.78, 5) is 4.08. The molecule has 10 heteroatoms. The van der Waals surface area contributed by atoms with Crippen molar-refractivity contribution in [2.75, 3.05) is 26.0 Å². The molecule has 0 saturated carbocycles. The average Bonchev–Trinajstić information content (AvgIpc) is 2.55. The predicted molar refractivity (Wildman–Crippen MR) is 114 cm³/mol. The molecule has 5 nitrogen and oxygen atoms in total. The highest BCUT2D eigenvalue weighted by Gasteiger charge is 2.28. The van der Waals surface area contributed by atoms with Crippen molar-refractivity contribution in [3.05, 3.63) is 29.8 Å². The Labute approximate surface area is 178 Å². The van der Waals surface area contributed by atoms with Crippen molar-refractivity contribution in [2.24, 2.45) is 4.99 Å². The predicted octanol–water partition coefficient (Wildman–Crippen LogP) is 3.46. The van der Waals surface area contributed by atoms with Crippen molar-refractivity contribution in [2.45, 2.75) is 38.2 Å². The second-order valence-corrected chi connectivity index (χ2v) is 8.89. The summed E-state index contributed by atoms with van der Waals surface area (Å²) in [5, 5.41) is 6.18. The minimum absolute atomic E-state index is 0. The molecule has 1 aromatic carbocycles. The van der Waals surface area contributed by atoms with Crippen molar-refractivity contribution in [1.29, 1.82) is 0 Å². The Bertz CT molecular complexity index is 617. The molecule has 0 heterocycles. The van der Waals surface area contributed by atoms with Crippen LogP contribution in [0.25, 0.3) is 0 Å². The first-order valence-electron chi connectivity index (χ1n) is 8.13. The Balaban J connectivity index is 0.00000676. The smallest absolute Gasteiger partial charge is 0.422 e. The van der Waals surface area contributed by atoms with Gasteiger partial charge in [0, 0.05) is 41.4 Å². The summed E-state index contributed by atoms with van der Waals surface area (Å²) in [6.45, 7) is 5.45. The maximum Gasteiger partial charge on any atom is 0.422 e. The van der Waals surface area contributed by atoms with Crippen LogP contribution in [0.15, 0.2) is 29.3 Å². The highest BCUT2D eigenvalue weighted by Crippen LogP contribution is 2.18. The van der Waals surface area contributed by atoms with E-state index in [0.717, 1.165) is 5.56 Å². The summed E-state index contributed by atoms with van der Waals surface area (Å²) in [6, 6.07) is 6.35. The highest BCUT2D eigenvalue weighted by atomic mass is 127. The Hall–Kier alpha value is -1.04. The SMILES string of the molecule is CN=C(NCCS(=O)C(C)(C)C)NCc1ccc(OCC(F)(F)F)cc1.I. The number of halogens is 4. The quantitative estimate of drug-likeness (QED) is 0.328. The van der Waals surface area contributed by atoms with Gasteiger partial charge in [0.2, 0.25) is 0 Å². The molecule has 1 unspecified atom stereocenters. The van der Waals surface area contributed by atoms with E-state index in [-0.39, 0.29) is 34.5 Å². The second-order valence-electron chi connectivity index (χ2n) is 6.56. The van der Waals surface area contributed by atoms with Gasteiger partial charge in [-0.1, -0.05) is 12.1 Å². The molecule has 1 rings (SSSR count). The third-order valence-corrected chi connectivity index (χ3v) is 5.21. The van der Waals surface area contributed by atoms with Gasteiger partial charge >= 0.3 is 6.18 Å². The Kier molecular flexibility index (Phi) is 11.3. The Morgan fingerprint density at radius 1 is 1.15 bits per heavy atom. The van der Waals surface area contributed by atoms with Gasteiger partial charge in [0.1, 0.15) is 5.75 Å². The number of hydrogen-bond acceptors (Lipinski definition) is 3. The molecule has 0 amide bonds. The molecule has 1 aromatic rings. The van der Waals surface area contributed by atoms with E-state index >= 15 is 0 Å². The van der Waals surface area contributed by atoms with E-state index in [9.17, 15) is 17.4 Å². The summed E-state index contributed by atoms with van der Waals surface area (Å²) >= 11 is 0. The second kappa shape index (κ2) is 11.7. The maximum absolute atomic E-state index is 12.1. The maximum atomic E-state index is 12.1. The number of nitrogens with zero attached hydrogens (tertiary/aromatic N) is 1. The van der Waals surface area contributed by atoms with E-state index in [1.54, 1.807) is 19.2 Å². The number of ether oxygens (including phenoxy) is 1.